The second-order valence-electron chi connectivity index (χ2n) is 6.96. The first-order chi connectivity index (χ1) is 14.2. The van der Waals surface area contributed by atoms with Crippen molar-refractivity contribution in [2.75, 3.05) is 5.32 Å². The van der Waals surface area contributed by atoms with Crippen molar-refractivity contribution in [3.63, 3.8) is 0 Å². The molecule has 0 aliphatic carbocycles. The number of hydrogen-bond acceptors (Lipinski definition) is 4. The SMILES string of the molecule is Cc1ccc(-c2nnn3c2nc(NCc2ccccc2Cl)c2ccccc23)cc1. The molecule has 1 N–H and O–H groups in total. The van der Waals surface area contributed by atoms with Crippen LogP contribution in [0.4, 0.5) is 5.82 Å². The van der Waals surface area contributed by atoms with Gasteiger partial charge in [-0.1, -0.05) is 77.0 Å². The predicted molar refractivity (Wildman–Crippen MR) is 117 cm³/mol. The van der Waals surface area contributed by atoms with E-state index in [2.05, 4.69) is 34.7 Å². The van der Waals surface area contributed by atoms with Crippen LogP contribution in [-0.4, -0.2) is 19.8 Å². The summed E-state index contributed by atoms with van der Waals surface area (Å²) < 4.78 is 1.80. The van der Waals surface area contributed by atoms with Crippen molar-refractivity contribution in [1.82, 2.24) is 19.8 Å². The van der Waals surface area contributed by atoms with Crippen LogP contribution in [0.1, 0.15) is 11.1 Å². The van der Waals surface area contributed by atoms with Gasteiger partial charge in [0.05, 0.1) is 5.52 Å². The lowest BCUT2D eigenvalue weighted by atomic mass is 10.1. The number of benzene rings is 3. The number of hydrogen-bond donors (Lipinski definition) is 1. The summed E-state index contributed by atoms with van der Waals surface area (Å²) in [6, 6.07) is 24.1. The maximum absolute atomic E-state index is 6.32. The highest BCUT2D eigenvalue weighted by Crippen LogP contribution is 2.28. The minimum absolute atomic E-state index is 0.578. The predicted octanol–water partition coefficient (Wildman–Crippen LogP) is 5.52. The van der Waals surface area contributed by atoms with Crippen LogP contribution >= 0.6 is 11.6 Å². The third-order valence-electron chi connectivity index (χ3n) is 4.98. The summed E-state index contributed by atoms with van der Waals surface area (Å²) in [6.07, 6.45) is 0. The molecule has 0 unspecified atom stereocenters. The number of nitrogens with one attached hydrogen (secondary N) is 1. The van der Waals surface area contributed by atoms with E-state index < -0.39 is 0 Å². The van der Waals surface area contributed by atoms with Gasteiger partial charge < -0.3 is 5.32 Å². The molecule has 29 heavy (non-hydrogen) atoms. The first-order valence-corrected chi connectivity index (χ1v) is 9.77. The molecule has 2 heterocycles. The van der Waals surface area contributed by atoms with E-state index in [1.54, 1.807) is 4.52 Å². The highest BCUT2D eigenvalue weighted by molar-refractivity contribution is 6.31. The Hall–Kier alpha value is -3.44. The average molecular weight is 400 g/mol. The Labute approximate surface area is 173 Å². The molecule has 0 spiro atoms. The molecule has 5 nitrogen and oxygen atoms in total. The van der Waals surface area contributed by atoms with Crippen LogP contribution in [0.5, 0.6) is 0 Å². The number of rotatable bonds is 4. The second-order valence-corrected chi connectivity index (χ2v) is 7.37. The topological polar surface area (TPSA) is 55.1 Å². The number of nitrogens with zero attached hydrogens (tertiary/aromatic N) is 4. The minimum Gasteiger partial charge on any atom is -0.365 e. The minimum atomic E-state index is 0.578. The zero-order chi connectivity index (χ0) is 19.8. The van der Waals surface area contributed by atoms with Gasteiger partial charge in [0.15, 0.2) is 5.65 Å². The Bertz CT molecular complexity index is 1320. The summed E-state index contributed by atoms with van der Waals surface area (Å²) in [5, 5.41) is 14.0. The molecule has 142 valence electrons. The largest absolute Gasteiger partial charge is 0.365 e. The van der Waals surface area contributed by atoms with Crippen molar-refractivity contribution < 1.29 is 0 Å². The molecular formula is C23H18ClN5. The maximum atomic E-state index is 6.32. The smallest absolute Gasteiger partial charge is 0.186 e. The van der Waals surface area contributed by atoms with Gasteiger partial charge >= 0.3 is 0 Å². The lowest BCUT2D eigenvalue weighted by Crippen LogP contribution is -2.05. The van der Waals surface area contributed by atoms with Crippen LogP contribution in [0.3, 0.4) is 0 Å². The monoisotopic (exact) mass is 399 g/mol. The fraction of sp³-hybridized carbons (Fsp3) is 0.0870. The molecule has 2 aromatic heterocycles. The molecule has 0 saturated heterocycles. The maximum Gasteiger partial charge on any atom is 0.186 e. The van der Waals surface area contributed by atoms with Crippen molar-refractivity contribution in [1.29, 1.82) is 0 Å². The zero-order valence-electron chi connectivity index (χ0n) is 15.8. The zero-order valence-corrected chi connectivity index (χ0v) is 16.6. The molecule has 0 fully saturated rings. The van der Waals surface area contributed by atoms with E-state index in [1.807, 2.05) is 60.7 Å². The molecule has 6 heteroatoms. The first kappa shape index (κ1) is 17.6. The van der Waals surface area contributed by atoms with Crippen molar-refractivity contribution in [2.24, 2.45) is 0 Å². The third-order valence-corrected chi connectivity index (χ3v) is 5.35. The molecule has 3 aromatic carbocycles. The van der Waals surface area contributed by atoms with Gasteiger partial charge in [0.2, 0.25) is 0 Å². The molecule has 0 saturated carbocycles. The Kier molecular flexibility index (Phi) is 4.37. The number of anilines is 1. The highest BCUT2D eigenvalue weighted by Gasteiger charge is 2.15. The average Bonchev–Trinajstić information content (AvgIpc) is 3.18. The highest BCUT2D eigenvalue weighted by atomic mass is 35.5. The Morgan fingerprint density at radius 2 is 1.69 bits per heavy atom. The molecule has 0 bridgehead atoms. The lowest BCUT2D eigenvalue weighted by Gasteiger charge is -2.11. The Morgan fingerprint density at radius 1 is 0.931 bits per heavy atom. The summed E-state index contributed by atoms with van der Waals surface area (Å²) in [4.78, 5) is 4.89. The van der Waals surface area contributed by atoms with E-state index in [4.69, 9.17) is 16.6 Å². The van der Waals surface area contributed by atoms with Crippen LogP contribution in [0.15, 0.2) is 72.8 Å². The number of para-hydroxylation sites is 1. The fourth-order valence-corrected chi connectivity index (χ4v) is 3.62. The number of aromatic nitrogens is 4. The molecule has 0 aliphatic rings. The van der Waals surface area contributed by atoms with E-state index >= 15 is 0 Å². The van der Waals surface area contributed by atoms with Crippen molar-refractivity contribution in [3.05, 3.63) is 88.9 Å². The number of fused-ring (bicyclic) bond motifs is 3. The lowest BCUT2D eigenvalue weighted by molar-refractivity contribution is 0.876. The van der Waals surface area contributed by atoms with Crippen LogP contribution in [0.25, 0.3) is 27.8 Å². The molecule has 0 aliphatic heterocycles. The van der Waals surface area contributed by atoms with E-state index in [0.717, 1.165) is 38.6 Å². The van der Waals surface area contributed by atoms with Gasteiger partial charge in [-0.3, -0.25) is 0 Å². The molecule has 0 atom stereocenters. The summed E-state index contributed by atoms with van der Waals surface area (Å²) in [5.74, 6) is 0.781. The quantitative estimate of drug-likeness (QED) is 0.432. The van der Waals surface area contributed by atoms with Crippen molar-refractivity contribution >= 4 is 34.0 Å². The molecule has 5 rings (SSSR count). The van der Waals surface area contributed by atoms with Gasteiger partial charge in [0.25, 0.3) is 0 Å². The second kappa shape index (κ2) is 7.18. The van der Waals surface area contributed by atoms with Crippen molar-refractivity contribution in [3.8, 4) is 11.3 Å². The van der Waals surface area contributed by atoms with Crippen molar-refractivity contribution in [2.45, 2.75) is 13.5 Å². The molecule has 0 amide bonds. The molecule has 0 radical (unpaired) electrons. The summed E-state index contributed by atoms with van der Waals surface area (Å²) >= 11 is 6.32. The number of halogens is 1. The van der Waals surface area contributed by atoms with E-state index in [0.29, 0.717) is 12.2 Å². The van der Waals surface area contributed by atoms with Crippen LogP contribution in [0.2, 0.25) is 5.02 Å². The standard InChI is InChI=1S/C23H18ClN5/c1-15-10-12-16(13-11-15)21-23-26-22(25-14-17-6-2-4-8-19(17)24)18-7-3-5-9-20(18)29(23)28-27-21/h2-13H,14H2,1H3,(H,25,26). The normalized spacial score (nSPS) is 11.2. The molecular weight excluding hydrogens is 382 g/mol. The first-order valence-electron chi connectivity index (χ1n) is 9.39. The summed E-state index contributed by atoms with van der Waals surface area (Å²) in [5.41, 5.74) is 5.64. The van der Waals surface area contributed by atoms with Gasteiger partial charge in [-0.05, 0) is 30.7 Å². The van der Waals surface area contributed by atoms with Gasteiger partial charge in [-0.2, -0.15) is 4.52 Å². The third kappa shape index (κ3) is 3.19. The summed E-state index contributed by atoms with van der Waals surface area (Å²) in [6.45, 7) is 2.64. The van der Waals surface area contributed by atoms with E-state index in [-0.39, 0.29) is 0 Å². The van der Waals surface area contributed by atoms with Gasteiger partial charge in [0.1, 0.15) is 11.5 Å². The van der Waals surface area contributed by atoms with Crippen LogP contribution < -0.4 is 5.32 Å². The van der Waals surface area contributed by atoms with Crippen LogP contribution in [0, 0.1) is 6.92 Å². The summed E-state index contributed by atoms with van der Waals surface area (Å²) in [7, 11) is 0. The van der Waals surface area contributed by atoms with E-state index in [1.165, 1.54) is 5.56 Å². The van der Waals surface area contributed by atoms with Gasteiger partial charge in [-0.15, -0.1) is 5.10 Å². The van der Waals surface area contributed by atoms with Gasteiger partial charge in [-0.25, -0.2) is 4.98 Å². The van der Waals surface area contributed by atoms with Crippen LogP contribution in [-0.2, 0) is 6.54 Å². The molecule has 5 aromatic rings. The Balaban J connectivity index is 1.65. The Morgan fingerprint density at radius 3 is 2.52 bits per heavy atom. The number of aryl methyl sites for hydroxylation is 1. The van der Waals surface area contributed by atoms with E-state index in [9.17, 15) is 0 Å². The fourth-order valence-electron chi connectivity index (χ4n) is 3.42. The van der Waals surface area contributed by atoms with Gasteiger partial charge in [0, 0.05) is 22.5 Å².